The van der Waals surface area contributed by atoms with Crippen LogP contribution in [0, 0.1) is 12.7 Å². The zero-order valence-corrected chi connectivity index (χ0v) is 16.6. The molecule has 150 valence electrons. The van der Waals surface area contributed by atoms with Gasteiger partial charge in [-0.25, -0.2) is 4.39 Å². The highest BCUT2D eigenvalue weighted by Crippen LogP contribution is 2.26. The summed E-state index contributed by atoms with van der Waals surface area (Å²) >= 11 is 0. The Bertz CT molecular complexity index is 960. The molecule has 0 radical (unpaired) electrons. The molecular weight excluding hydrogens is 367 g/mol. The molecule has 0 aliphatic rings. The van der Waals surface area contributed by atoms with Crippen LogP contribution in [0.4, 0.5) is 10.1 Å². The smallest absolute Gasteiger partial charge is 0.246 e. The number of methoxy groups -OCH3 is 1. The van der Waals surface area contributed by atoms with Crippen molar-refractivity contribution in [3.63, 3.8) is 0 Å². The van der Waals surface area contributed by atoms with Crippen LogP contribution in [0.15, 0.2) is 72.8 Å². The molecule has 2 N–H and O–H groups in total. The Kier molecular flexibility index (Phi) is 6.98. The second-order valence-corrected chi connectivity index (χ2v) is 6.83. The number of amides is 1. The maximum absolute atomic E-state index is 13.9. The molecule has 0 aliphatic heterocycles. The van der Waals surface area contributed by atoms with E-state index in [0.29, 0.717) is 30.0 Å². The van der Waals surface area contributed by atoms with E-state index < -0.39 is 6.04 Å². The number of ether oxygens (including phenoxy) is 1. The molecule has 0 fully saturated rings. The van der Waals surface area contributed by atoms with Crippen molar-refractivity contribution < 1.29 is 13.9 Å². The SMILES string of the molecule is COc1ccc(C)cc1NC(=O)[C@H](NCCc1ccccc1F)c1ccccc1. The molecule has 0 aliphatic carbocycles. The number of aryl methyl sites for hydroxylation is 1. The largest absolute Gasteiger partial charge is 0.495 e. The summed E-state index contributed by atoms with van der Waals surface area (Å²) in [4.78, 5) is 13.1. The lowest BCUT2D eigenvalue weighted by atomic mass is 10.0. The summed E-state index contributed by atoms with van der Waals surface area (Å²) in [5.74, 6) is 0.162. The van der Waals surface area contributed by atoms with Gasteiger partial charge in [-0.1, -0.05) is 54.6 Å². The Morgan fingerprint density at radius 2 is 1.76 bits per heavy atom. The Labute approximate surface area is 170 Å². The van der Waals surface area contributed by atoms with E-state index in [4.69, 9.17) is 4.74 Å². The maximum Gasteiger partial charge on any atom is 0.246 e. The van der Waals surface area contributed by atoms with Gasteiger partial charge in [-0.15, -0.1) is 0 Å². The Morgan fingerprint density at radius 1 is 1.03 bits per heavy atom. The lowest BCUT2D eigenvalue weighted by Gasteiger charge is -2.20. The van der Waals surface area contributed by atoms with Crippen molar-refractivity contribution in [2.24, 2.45) is 0 Å². The van der Waals surface area contributed by atoms with Gasteiger partial charge in [-0.2, -0.15) is 0 Å². The van der Waals surface area contributed by atoms with Crippen LogP contribution in [-0.2, 0) is 11.2 Å². The van der Waals surface area contributed by atoms with E-state index >= 15 is 0 Å². The second kappa shape index (κ2) is 9.85. The highest BCUT2D eigenvalue weighted by Gasteiger charge is 2.21. The van der Waals surface area contributed by atoms with Crippen LogP contribution < -0.4 is 15.4 Å². The van der Waals surface area contributed by atoms with Crippen LogP contribution in [-0.4, -0.2) is 19.6 Å². The third-order valence-electron chi connectivity index (χ3n) is 4.71. The van der Waals surface area contributed by atoms with E-state index in [0.717, 1.165) is 11.1 Å². The summed E-state index contributed by atoms with van der Waals surface area (Å²) < 4.78 is 19.2. The quantitative estimate of drug-likeness (QED) is 0.586. The van der Waals surface area contributed by atoms with Crippen LogP contribution in [0.1, 0.15) is 22.7 Å². The first-order valence-electron chi connectivity index (χ1n) is 9.55. The van der Waals surface area contributed by atoms with E-state index in [1.807, 2.05) is 61.5 Å². The minimum atomic E-state index is -0.576. The van der Waals surface area contributed by atoms with E-state index in [1.165, 1.54) is 6.07 Å². The van der Waals surface area contributed by atoms with Crippen molar-refractivity contribution in [2.75, 3.05) is 19.0 Å². The Balaban J connectivity index is 1.76. The topological polar surface area (TPSA) is 50.4 Å². The van der Waals surface area contributed by atoms with Gasteiger partial charge < -0.3 is 15.4 Å². The van der Waals surface area contributed by atoms with Crippen molar-refractivity contribution >= 4 is 11.6 Å². The number of halogens is 1. The van der Waals surface area contributed by atoms with Crippen molar-refractivity contribution in [1.82, 2.24) is 5.32 Å². The van der Waals surface area contributed by atoms with Crippen molar-refractivity contribution in [3.05, 3.63) is 95.3 Å². The normalized spacial score (nSPS) is 11.7. The first-order valence-corrected chi connectivity index (χ1v) is 9.55. The summed E-state index contributed by atoms with van der Waals surface area (Å²) in [6.07, 6.45) is 0.483. The van der Waals surface area contributed by atoms with Gasteiger partial charge in [-0.3, -0.25) is 4.79 Å². The minimum absolute atomic E-state index is 0.200. The third kappa shape index (κ3) is 5.42. The zero-order valence-electron chi connectivity index (χ0n) is 16.6. The van der Waals surface area contributed by atoms with Crippen molar-refractivity contribution in [2.45, 2.75) is 19.4 Å². The van der Waals surface area contributed by atoms with Gasteiger partial charge in [0.05, 0.1) is 12.8 Å². The van der Waals surface area contributed by atoms with Crippen LogP contribution >= 0.6 is 0 Å². The average Bonchev–Trinajstić information content (AvgIpc) is 2.73. The lowest BCUT2D eigenvalue weighted by molar-refractivity contribution is -0.118. The van der Waals surface area contributed by atoms with Crippen molar-refractivity contribution in [3.8, 4) is 5.75 Å². The Hall–Kier alpha value is -3.18. The molecular formula is C24H25FN2O2. The molecule has 29 heavy (non-hydrogen) atoms. The average molecular weight is 392 g/mol. The minimum Gasteiger partial charge on any atom is -0.495 e. The van der Waals surface area contributed by atoms with E-state index in [-0.39, 0.29) is 11.7 Å². The van der Waals surface area contributed by atoms with Crippen LogP contribution in [0.25, 0.3) is 0 Å². The first kappa shape index (κ1) is 20.6. The molecule has 0 saturated heterocycles. The van der Waals surface area contributed by atoms with Gasteiger partial charge in [-0.05, 0) is 48.2 Å². The third-order valence-corrected chi connectivity index (χ3v) is 4.71. The molecule has 0 bridgehead atoms. The molecule has 3 aromatic carbocycles. The molecule has 4 nitrogen and oxygen atoms in total. The lowest BCUT2D eigenvalue weighted by Crippen LogP contribution is -2.34. The van der Waals surface area contributed by atoms with E-state index in [9.17, 15) is 9.18 Å². The highest BCUT2D eigenvalue weighted by molar-refractivity contribution is 5.96. The highest BCUT2D eigenvalue weighted by atomic mass is 19.1. The van der Waals surface area contributed by atoms with Gasteiger partial charge in [0, 0.05) is 6.54 Å². The molecule has 0 spiro atoms. The number of hydrogen-bond donors (Lipinski definition) is 2. The van der Waals surface area contributed by atoms with Gasteiger partial charge in [0.25, 0.3) is 0 Å². The summed E-state index contributed by atoms with van der Waals surface area (Å²) in [7, 11) is 1.57. The molecule has 3 aromatic rings. The summed E-state index contributed by atoms with van der Waals surface area (Å²) in [5.41, 5.74) is 3.09. The van der Waals surface area contributed by atoms with Crippen molar-refractivity contribution in [1.29, 1.82) is 0 Å². The fraction of sp³-hybridized carbons (Fsp3) is 0.208. The predicted octanol–water partition coefficient (Wildman–Crippen LogP) is 4.65. The number of carbonyl (C=O) groups is 1. The molecule has 0 saturated carbocycles. The number of anilines is 1. The number of benzene rings is 3. The van der Waals surface area contributed by atoms with Gasteiger partial charge in [0.15, 0.2) is 0 Å². The molecule has 0 unspecified atom stereocenters. The zero-order chi connectivity index (χ0) is 20.6. The molecule has 0 aromatic heterocycles. The molecule has 5 heteroatoms. The first-order chi connectivity index (χ1) is 14.1. The number of carbonyl (C=O) groups excluding carboxylic acids is 1. The molecule has 3 rings (SSSR count). The number of nitrogens with one attached hydrogen (secondary N) is 2. The standard InChI is InChI=1S/C24H25FN2O2/c1-17-12-13-22(29-2)21(16-17)27-24(28)23(19-9-4-3-5-10-19)26-15-14-18-8-6-7-11-20(18)25/h3-13,16,23,26H,14-15H2,1-2H3,(H,27,28)/t23-/m1/s1. The molecule has 1 atom stereocenters. The second-order valence-electron chi connectivity index (χ2n) is 6.83. The van der Waals surface area contributed by atoms with E-state index in [2.05, 4.69) is 10.6 Å². The fourth-order valence-electron chi connectivity index (χ4n) is 3.18. The van der Waals surface area contributed by atoms with Crippen LogP contribution in [0.5, 0.6) is 5.75 Å². The summed E-state index contributed by atoms with van der Waals surface area (Å²) in [5, 5.41) is 6.22. The summed E-state index contributed by atoms with van der Waals surface area (Å²) in [6.45, 7) is 2.41. The molecule has 1 amide bonds. The van der Waals surface area contributed by atoms with Gasteiger partial charge in [0.1, 0.15) is 17.6 Å². The van der Waals surface area contributed by atoms with E-state index in [1.54, 1.807) is 19.2 Å². The van der Waals surface area contributed by atoms with Crippen LogP contribution in [0.2, 0.25) is 0 Å². The number of rotatable bonds is 8. The molecule has 0 heterocycles. The monoisotopic (exact) mass is 392 g/mol. The number of hydrogen-bond acceptors (Lipinski definition) is 3. The Morgan fingerprint density at radius 3 is 2.48 bits per heavy atom. The van der Waals surface area contributed by atoms with Crippen LogP contribution in [0.3, 0.4) is 0 Å². The summed E-state index contributed by atoms with van der Waals surface area (Å²) in [6, 6.07) is 21.2. The predicted molar refractivity (Wildman–Crippen MR) is 114 cm³/mol. The fourth-order valence-corrected chi connectivity index (χ4v) is 3.18. The van der Waals surface area contributed by atoms with Gasteiger partial charge >= 0.3 is 0 Å². The van der Waals surface area contributed by atoms with Gasteiger partial charge in [0.2, 0.25) is 5.91 Å². The maximum atomic E-state index is 13.9.